The lowest BCUT2D eigenvalue weighted by atomic mass is 10.0. The largest absolute Gasteiger partial charge is 0.481 e. The predicted octanol–water partition coefficient (Wildman–Crippen LogP) is 3.81. The fraction of sp³-hybridized carbons (Fsp3) is 0.250. The Morgan fingerprint density at radius 1 is 1.19 bits per heavy atom. The van der Waals surface area contributed by atoms with Gasteiger partial charge in [0.1, 0.15) is 0 Å². The van der Waals surface area contributed by atoms with Crippen LogP contribution in [0.25, 0.3) is 0 Å². The van der Waals surface area contributed by atoms with E-state index in [-0.39, 0.29) is 5.91 Å². The van der Waals surface area contributed by atoms with Gasteiger partial charge >= 0.3 is 5.97 Å². The quantitative estimate of drug-likeness (QED) is 0.902. The number of amides is 1. The first-order valence-corrected chi connectivity index (χ1v) is 7.41. The molecular weight excluding hydrogens is 286 g/mol. The monoisotopic (exact) mass is 303 g/mol. The van der Waals surface area contributed by atoms with Gasteiger partial charge in [0.25, 0.3) is 5.91 Å². The zero-order chi connectivity index (χ0) is 15.6. The summed E-state index contributed by atoms with van der Waals surface area (Å²) in [5.41, 5.74) is 2.48. The fourth-order valence-corrected chi connectivity index (χ4v) is 2.80. The van der Waals surface area contributed by atoms with Gasteiger partial charge in [0.05, 0.1) is 10.8 Å². The maximum atomic E-state index is 12.1. The Morgan fingerprint density at radius 3 is 2.29 bits per heavy atom. The summed E-state index contributed by atoms with van der Waals surface area (Å²) in [6, 6.07) is 8.76. The highest BCUT2D eigenvalue weighted by molar-refractivity contribution is 7.14. The number of anilines is 1. The maximum absolute atomic E-state index is 12.1. The van der Waals surface area contributed by atoms with Crippen molar-refractivity contribution in [2.24, 2.45) is 0 Å². The summed E-state index contributed by atoms with van der Waals surface area (Å²) in [6.07, 6.45) is 0. The minimum atomic E-state index is -0.865. The van der Waals surface area contributed by atoms with Crippen molar-refractivity contribution in [2.45, 2.75) is 26.7 Å². The topological polar surface area (TPSA) is 66.4 Å². The van der Waals surface area contributed by atoms with Crippen molar-refractivity contribution >= 4 is 28.9 Å². The molecule has 1 heterocycles. The molecule has 0 radical (unpaired) electrons. The van der Waals surface area contributed by atoms with E-state index in [1.807, 2.05) is 19.9 Å². The van der Waals surface area contributed by atoms with Crippen LogP contribution in [0.2, 0.25) is 0 Å². The maximum Gasteiger partial charge on any atom is 0.310 e. The van der Waals surface area contributed by atoms with E-state index >= 15 is 0 Å². The highest BCUT2D eigenvalue weighted by atomic mass is 32.1. The zero-order valence-electron chi connectivity index (χ0n) is 12.1. The number of aliphatic carboxylic acids is 1. The van der Waals surface area contributed by atoms with Crippen LogP contribution in [0, 0.1) is 13.8 Å². The number of nitrogens with one attached hydrogen (secondary N) is 1. The van der Waals surface area contributed by atoms with E-state index in [2.05, 4.69) is 5.32 Å². The number of thiophene rings is 1. The molecule has 0 bridgehead atoms. The van der Waals surface area contributed by atoms with Crippen LogP contribution in [0.3, 0.4) is 0 Å². The number of carbonyl (C=O) groups is 2. The second kappa shape index (κ2) is 6.10. The molecule has 1 amide bonds. The summed E-state index contributed by atoms with van der Waals surface area (Å²) in [5.74, 6) is -1.57. The van der Waals surface area contributed by atoms with E-state index in [0.717, 1.165) is 10.4 Å². The molecule has 1 unspecified atom stereocenters. The molecule has 0 spiro atoms. The summed E-state index contributed by atoms with van der Waals surface area (Å²) < 4.78 is 0. The number of benzene rings is 1. The van der Waals surface area contributed by atoms with E-state index in [4.69, 9.17) is 5.11 Å². The fourth-order valence-electron chi connectivity index (χ4n) is 1.88. The van der Waals surface area contributed by atoms with Gasteiger partial charge in [-0.05, 0) is 50.1 Å². The Morgan fingerprint density at radius 2 is 1.81 bits per heavy atom. The van der Waals surface area contributed by atoms with Crippen LogP contribution in [0.4, 0.5) is 5.69 Å². The highest BCUT2D eigenvalue weighted by Gasteiger charge is 2.14. The molecule has 5 heteroatoms. The van der Waals surface area contributed by atoms with Crippen molar-refractivity contribution in [1.82, 2.24) is 0 Å². The van der Waals surface area contributed by atoms with Gasteiger partial charge in [0, 0.05) is 10.6 Å². The summed E-state index contributed by atoms with van der Waals surface area (Å²) in [7, 11) is 0. The van der Waals surface area contributed by atoms with E-state index < -0.39 is 11.9 Å². The molecule has 2 rings (SSSR count). The molecule has 1 atom stereocenters. The van der Waals surface area contributed by atoms with Crippen LogP contribution >= 0.6 is 11.3 Å². The van der Waals surface area contributed by atoms with Crippen LogP contribution in [-0.4, -0.2) is 17.0 Å². The number of rotatable bonds is 4. The van der Waals surface area contributed by atoms with Gasteiger partial charge in [-0.3, -0.25) is 9.59 Å². The second-order valence-corrected chi connectivity index (χ2v) is 6.24. The SMILES string of the molecule is Cc1cc(C(=O)Nc2ccc(C(C)C(=O)O)cc2)sc1C. The normalized spacial score (nSPS) is 12.0. The van der Waals surface area contributed by atoms with Crippen molar-refractivity contribution < 1.29 is 14.7 Å². The summed E-state index contributed by atoms with van der Waals surface area (Å²) in [4.78, 5) is 24.8. The number of aryl methyl sites for hydroxylation is 2. The van der Waals surface area contributed by atoms with Crippen LogP contribution in [0.5, 0.6) is 0 Å². The Hall–Kier alpha value is -2.14. The molecule has 0 aliphatic heterocycles. The number of carboxylic acids is 1. The number of hydrogen-bond donors (Lipinski definition) is 2. The van der Waals surface area contributed by atoms with Crippen LogP contribution in [0.15, 0.2) is 30.3 Å². The lowest BCUT2D eigenvalue weighted by Crippen LogP contribution is -2.11. The molecule has 1 aromatic heterocycles. The van der Waals surface area contributed by atoms with Crippen LogP contribution < -0.4 is 5.32 Å². The molecule has 0 saturated heterocycles. The van der Waals surface area contributed by atoms with Gasteiger partial charge in [0.15, 0.2) is 0 Å². The average Bonchev–Trinajstić information content (AvgIpc) is 2.79. The Balaban J connectivity index is 2.10. The van der Waals surface area contributed by atoms with E-state index in [1.165, 1.54) is 11.3 Å². The smallest absolute Gasteiger partial charge is 0.310 e. The van der Waals surface area contributed by atoms with Gasteiger partial charge in [-0.15, -0.1) is 11.3 Å². The van der Waals surface area contributed by atoms with Crippen molar-refractivity contribution in [1.29, 1.82) is 0 Å². The van der Waals surface area contributed by atoms with Gasteiger partial charge in [-0.1, -0.05) is 12.1 Å². The number of hydrogen-bond acceptors (Lipinski definition) is 3. The average molecular weight is 303 g/mol. The summed E-state index contributed by atoms with van der Waals surface area (Å²) >= 11 is 1.46. The third-order valence-corrected chi connectivity index (χ3v) is 4.58. The van der Waals surface area contributed by atoms with E-state index in [1.54, 1.807) is 31.2 Å². The molecule has 4 nitrogen and oxygen atoms in total. The minimum Gasteiger partial charge on any atom is -0.481 e. The number of carbonyl (C=O) groups excluding carboxylic acids is 1. The van der Waals surface area contributed by atoms with Gasteiger partial charge in [0.2, 0.25) is 0 Å². The Labute approximate surface area is 127 Å². The second-order valence-electron chi connectivity index (χ2n) is 4.99. The molecular formula is C16H17NO3S. The molecule has 2 N–H and O–H groups in total. The van der Waals surface area contributed by atoms with Crippen LogP contribution in [-0.2, 0) is 4.79 Å². The molecule has 0 fully saturated rings. The first-order valence-electron chi connectivity index (χ1n) is 6.59. The molecule has 0 saturated carbocycles. The molecule has 110 valence electrons. The molecule has 2 aromatic rings. The molecule has 21 heavy (non-hydrogen) atoms. The van der Waals surface area contributed by atoms with Gasteiger partial charge < -0.3 is 10.4 Å². The molecule has 0 aliphatic carbocycles. The van der Waals surface area contributed by atoms with Gasteiger partial charge in [-0.2, -0.15) is 0 Å². The number of carboxylic acid groups (broad SMARTS) is 1. The molecule has 0 aliphatic rings. The third kappa shape index (κ3) is 3.49. The minimum absolute atomic E-state index is 0.143. The highest BCUT2D eigenvalue weighted by Crippen LogP contribution is 2.23. The first kappa shape index (κ1) is 15.3. The summed E-state index contributed by atoms with van der Waals surface area (Å²) in [6.45, 7) is 5.59. The van der Waals surface area contributed by atoms with Crippen LogP contribution in [0.1, 0.15) is 38.5 Å². The standard InChI is InChI=1S/C16H17NO3S/c1-9-8-14(21-11(9)3)15(18)17-13-6-4-12(5-7-13)10(2)16(19)20/h4-8,10H,1-3H3,(H,17,18)(H,19,20). The third-order valence-electron chi connectivity index (χ3n) is 3.43. The zero-order valence-corrected chi connectivity index (χ0v) is 13.0. The first-order chi connectivity index (χ1) is 9.88. The molecule has 1 aromatic carbocycles. The van der Waals surface area contributed by atoms with Crippen molar-refractivity contribution in [3.63, 3.8) is 0 Å². The summed E-state index contributed by atoms with van der Waals surface area (Å²) in [5, 5.41) is 11.8. The van der Waals surface area contributed by atoms with Crippen molar-refractivity contribution in [3.8, 4) is 0 Å². The van der Waals surface area contributed by atoms with Crippen molar-refractivity contribution in [3.05, 3.63) is 51.2 Å². The van der Waals surface area contributed by atoms with Crippen molar-refractivity contribution in [2.75, 3.05) is 5.32 Å². The Kier molecular flexibility index (Phi) is 4.43. The van der Waals surface area contributed by atoms with E-state index in [0.29, 0.717) is 16.1 Å². The van der Waals surface area contributed by atoms with E-state index in [9.17, 15) is 9.59 Å². The lowest BCUT2D eigenvalue weighted by molar-refractivity contribution is -0.138. The predicted molar refractivity (Wildman–Crippen MR) is 84.2 cm³/mol. The lowest BCUT2D eigenvalue weighted by Gasteiger charge is -2.08. The Bertz CT molecular complexity index is 654. The van der Waals surface area contributed by atoms with Gasteiger partial charge in [-0.25, -0.2) is 0 Å².